The van der Waals surface area contributed by atoms with Crippen molar-refractivity contribution in [2.75, 3.05) is 37.6 Å². The zero-order chi connectivity index (χ0) is 19.2. The lowest BCUT2D eigenvalue weighted by atomic mass is 10.3. The fraction of sp³-hybridized carbons (Fsp3) is 0.529. The molecule has 2 aromatic heterocycles. The van der Waals surface area contributed by atoms with Crippen LogP contribution in [-0.2, 0) is 13.0 Å². The monoisotopic (exact) mass is 519 g/mol. The van der Waals surface area contributed by atoms with Gasteiger partial charge in [0.15, 0.2) is 11.7 Å². The van der Waals surface area contributed by atoms with E-state index in [1.165, 1.54) is 11.5 Å². The van der Waals surface area contributed by atoms with Gasteiger partial charge >= 0.3 is 0 Å². The average molecular weight is 519 g/mol. The molecule has 0 bridgehead atoms. The van der Waals surface area contributed by atoms with E-state index in [2.05, 4.69) is 36.4 Å². The number of aliphatic imine (C=N–C) groups is 1. The Kier molecular flexibility index (Phi) is 8.48. The molecule has 1 saturated heterocycles. The second kappa shape index (κ2) is 10.6. The standard InChI is InChI=1S/C17H25N7O2S.HI/c1-3-14-21-17(27-22-14)24-9-7-23(8-10-24)16(19-4-2)20-11-12-5-6-13(26-12)15(18)25;/h5-6H,3-4,7-11H2,1-2H3,(H2,18,25)(H,19,20);1H. The van der Waals surface area contributed by atoms with Gasteiger partial charge in [-0.3, -0.25) is 4.79 Å². The van der Waals surface area contributed by atoms with Crippen molar-refractivity contribution in [3.8, 4) is 0 Å². The van der Waals surface area contributed by atoms with Crippen LogP contribution in [0.2, 0.25) is 0 Å². The zero-order valence-electron chi connectivity index (χ0n) is 16.1. The SMILES string of the molecule is CCNC(=NCc1ccc(C(N)=O)o1)N1CCN(c2nc(CC)ns2)CC1.I. The smallest absolute Gasteiger partial charge is 0.284 e. The van der Waals surface area contributed by atoms with E-state index in [4.69, 9.17) is 10.2 Å². The van der Waals surface area contributed by atoms with Gasteiger partial charge in [-0.2, -0.15) is 4.37 Å². The fourth-order valence-electron chi connectivity index (χ4n) is 2.80. The molecule has 28 heavy (non-hydrogen) atoms. The number of aryl methyl sites for hydroxylation is 1. The number of primary amides is 1. The van der Waals surface area contributed by atoms with Crippen molar-refractivity contribution in [2.24, 2.45) is 10.7 Å². The van der Waals surface area contributed by atoms with Crippen molar-refractivity contribution in [1.82, 2.24) is 19.6 Å². The molecule has 0 spiro atoms. The fourth-order valence-corrected chi connectivity index (χ4v) is 3.60. The number of amides is 1. The number of nitrogens with two attached hydrogens (primary N) is 1. The van der Waals surface area contributed by atoms with E-state index in [-0.39, 0.29) is 29.7 Å². The van der Waals surface area contributed by atoms with E-state index in [0.29, 0.717) is 12.3 Å². The molecule has 154 valence electrons. The molecule has 1 fully saturated rings. The summed E-state index contributed by atoms with van der Waals surface area (Å²) < 4.78 is 9.77. The number of aromatic nitrogens is 2. The topological polar surface area (TPSA) is 113 Å². The maximum absolute atomic E-state index is 11.1. The van der Waals surface area contributed by atoms with Gasteiger partial charge in [-0.25, -0.2) is 9.98 Å². The van der Waals surface area contributed by atoms with Gasteiger partial charge in [0, 0.05) is 50.7 Å². The molecule has 1 amide bonds. The zero-order valence-corrected chi connectivity index (χ0v) is 19.2. The number of furan rings is 1. The summed E-state index contributed by atoms with van der Waals surface area (Å²) in [7, 11) is 0. The largest absolute Gasteiger partial charge is 0.454 e. The number of carbonyl (C=O) groups excluding carboxylic acids is 1. The number of nitrogens with zero attached hydrogens (tertiary/aromatic N) is 5. The summed E-state index contributed by atoms with van der Waals surface area (Å²) in [6.45, 7) is 8.66. The molecular weight excluding hydrogens is 493 g/mol. The Balaban J connectivity index is 0.00000280. The molecule has 11 heteroatoms. The first-order chi connectivity index (χ1) is 13.1. The number of guanidine groups is 1. The number of anilines is 1. The summed E-state index contributed by atoms with van der Waals surface area (Å²) in [5, 5.41) is 4.31. The number of carbonyl (C=O) groups is 1. The number of nitrogens with one attached hydrogen (secondary N) is 1. The lowest BCUT2D eigenvalue weighted by molar-refractivity contribution is 0.0972. The number of rotatable bonds is 6. The van der Waals surface area contributed by atoms with Crippen molar-refractivity contribution in [1.29, 1.82) is 0 Å². The molecule has 3 N–H and O–H groups in total. The van der Waals surface area contributed by atoms with Gasteiger partial charge in [-0.1, -0.05) is 6.92 Å². The maximum Gasteiger partial charge on any atom is 0.284 e. The van der Waals surface area contributed by atoms with Crippen LogP contribution in [0.4, 0.5) is 5.13 Å². The second-order valence-corrected chi connectivity index (χ2v) is 6.85. The number of halogens is 1. The van der Waals surface area contributed by atoms with Gasteiger partial charge in [0.25, 0.3) is 5.91 Å². The lowest BCUT2D eigenvalue weighted by Crippen LogP contribution is -2.52. The van der Waals surface area contributed by atoms with E-state index in [1.807, 2.05) is 6.92 Å². The van der Waals surface area contributed by atoms with Crippen molar-refractivity contribution in [2.45, 2.75) is 26.8 Å². The van der Waals surface area contributed by atoms with Crippen molar-refractivity contribution >= 4 is 52.5 Å². The molecule has 0 aliphatic carbocycles. The molecule has 0 atom stereocenters. The van der Waals surface area contributed by atoms with Gasteiger partial charge in [0.1, 0.15) is 18.1 Å². The van der Waals surface area contributed by atoms with Gasteiger partial charge in [-0.05, 0) is 19.1 Å². The van der Waals surface area contributed by atoms with E-state index < -0.39 is 5.91 Å². The highest BCUT2D eigenvalue weighted by Crippen LogP contribution is 2.19. The second-order valence-electron chi connectivity index (χ2n) is 6.12. The van der Waals surface area contributed by atoms with Crippen LogP contribution < -0.4 is 16.0 Å². The first kappa shape index (κ1) is 22.4. The van der Waals surface area contributed by atoms with E-state index >= 15 is 0 Å². The summed E-state index contributed by atoms with van der Waals surface area (Å²) in [4.78, 5) is 24.8. The Bertz CT molecular complexity index is 799. The minimum absolute atomic E-state index is 0. The van der Waals surface area contributed by atoms with Gasteiger partial charge in [-0.15, -0.1) is 24.0 Å². The molecule has 2 aromatic rings. The maximum atomic E-state index is 11.1. The Morgan fingerprint density at radius 1 is 1.32 bits per heavy atom. The quantitative estimate of drug-likeness (QED) is 0.340. The Labute approximate surface area is 185 Å². The normalized spacial score (nSPS) is 14.7. The molecule has 1 aliphatic heterocycles. The minimum atomic E-state index is -0.573. The predicted molar refractivity (Wildman–Crippen MR) is 121 cm³/mol. The molecule has 9 nitrogen and oxygen atoms in total. The van der Waals surface area contributed by atoms with Crippen LogP contribution in [0.15, 0.2) is 21.5 Å². The van der Waals surface area contributed by atoms with Crippen LogP contribution in [0.25, 0.3) is 0 Å². The molecule has 0 unspecified atom stereocenters. The van der Waals surface area contributed by atoms with E-state index in [1.54, 1.807) is 12.1 Å². The Hall–Kier alpha value is -1.89. The van der Waals surface area contributed by atoms with Crippen molar-refractivity contribution in [3.05, 3.63) is 29.5 Å². The van der Waals surface area contributed by atoms with Crippen LogP contribution in [0.5, 0.6) is 0 Å². The third-order valence-electron chi connectivity index (χ3n) is 4.25. The molecule has 1 aliphatic rings. The Morgan fingerprint density at radius 2 is 2.07 bits per heavy atom. The number of piperazine rings is 1. The summed E-state index contributed by atoms with van der Waals surface area (Å²) in [5.74, 6) is 1.93. The minimum Gasteiger partial charge on any atom is -0.454 e. The molecular formula is C17H26IN7O2S. The Morgan fingerprint density at radius 3 is 2.64 bits per heavy atom. The van der Waals surface area contributed by atoms with Crippen LogP contribution in [0, 0.1) is 0 Å². The van der Waals surface area contributed by atoms with Gasteiger partial charge in [0.05, 0.1) is 0 Å². The third kappa shape index (κ3) is 5.56. The van der Waals surface area contributed by atoms with Crippen LogP contribution in [0.3, 0.4) is 0 Å². The van der Waals surface area contributed by atoms with E-state index in [9.17, 15) is 4.79 Å². The van der Waals surface area contributed by atoms with Crippen LogP contribution >= 0.6 is 35.5 Å². The van der Waals surface area contributed by atoms with Gasteiger partial charge in [0.2, 0.25) is 5.13 Å². The van der Waals surface area contributed by atoms with E-state index in [0.717, 1.165) is 56.1 Å². The van der Waals surface area contributed by atoms with Crippen LogP contribution in [0.1, 0.15) is 36.0 Å². The third-order valence-corrected chi connectivity index (χ3v) is 5.06. The highest BCUT2D eigenvalue weighted by Gasteiger charge is 2.22. The van der Waals surface area contributed by atoms with Crippen molar-refractivity contribution in [3.63, 3.8) is 0 Å². The summed E-state index contributed by atoms with van der Waals surface area (Å²) in [5.41, 5.74) is 5.22. The first-order valence-corrected chi connectivity index (χ1v) is 9.87. The summed E-state index contributed by atoms with van der Waals surface area (Å²) in [6, 6.07) is 3.30. The summed E-state index contributed by atoms with van der Waals surface area (Å²) in [6.07, 6.45) is 0.859. The molecule has 3 heterocycles. The number of hydrogen-bond acceptors (Lipinski definition) is 7. The molecule has 0 radical (unpaired) electrons. The average Bonchev–Trinajstić information content (AvgIpc) is 3.35. The molecule has 3 rings (SSSR count). The van der Waals surface area contributed by atoms with Gasteiger partial charge < -0.3 is 25.3 Å². The van der Waals surface area contributed by atoms with Crippen molar-refractivity contribution < 1.29 is 9.21 Å². The predicted octanol–water partition coefficient (Wildman–Crippen LogP) is 1.70. The molecule has 0 saturated carbocycles. The molecule has 0 aromatic carbocycles. The number of hydrogen-bond donors (Lipinski definition) is 2. The first-order valence-electron chi connectivity index (χ1n) is 9.10. The highest BCUT2D eigenvalue weighted by molar-refractivity contribution is 14.0. The summed E-state index contributed by atoms with van der Waals surface area (Å²) >= 11 is 1.46. The highest BCUT2D eigenvalue weighted by atomic mass is 127. The van der Waals surface area contributed by atoms with Crippen LogP contribution in [-0.4, -0.2) is 58.8 Å². The lowest BCUT2D eigenvalue weighted by Gasteiger charge is -2.36.